The van der Waals surface area contributed by atoms with Crippen LogP contribution in [0.15, 0.2) is 22.9 Å². The molecule has 1 aliphatic rings. The first kappa shape index (κ1) is 18.8. The Hall–Kier alpha value is -2.03. The zero-order valence-electron chi connectivity index (χ0n) is 14.9. The first-order valence-electron chi connectivity index (χ1n) is 8.36. The molecular formula is C17H21BrFN5O2. The summed E-state index contributed by atoms with van der Waals surface area (Å²) in [7, 11) is 0. The van der Waals surface area contributed by atoms with Crippen LogP contribution in [0.1, 0.15) is 27.2 Å². The van der Waals surface area contributed by atoms with Gasteiger partial charge < -0.3 is 15.0 Å². The molecule has 2 aromatic heterocycles. The third-order valence-corrected chi connectivity index (χ3v) is 4.22. The van der Waals surface area contributed by atoms with Crippen LogP contribution in [0.3, 0.4) is 0 Å². The number of ether oxygens (including phenoxy) is 1. The van der Waals surface area contributed by atoms with Crippen LogP contribution < -0.4 is 5.32 Å². The summed E-state index contributed by atoms with van der Waals surface area (Å²) in [4.78, 5) is 26.5. The smallest absolute Gasteiger partial charge is 0.410 e. The van der Waals surface area contributed by atoms with E-state index in [9.17, 15) is 9.18 Å². The standard InChI is InChI=1S/C17H21BrFN5O2/c1-17(2,3)26-16(25)24-8-12(19)5-13(9-24)22-15-21-6-10-4-11(18)7-20-14(10)23-15/h4,6-7,12-13H,5,8-9H2,1-3H3,(H,20,21,22,23)/t12-,13-/m0/s1. The molecule has 2 atom stereocenters. The van der Waals surface area contributed by atoms with Crippen LogP contribution in [0.5, 0.6) is 0 Å². The Morgan fingerprint density at radius 2 is 2.12 bits per heavy atom. The number of alkyl halides is 1. The largest absolute Gasteiger partial charge is 0.444 e. The van der Waals surface area contributed by atoms with Crippen molar-refractivity contribution in [3.63, 3.8) is 0 Å². The average molecular weight is 426 g/mol. The van der Waals surface area contributed by atoms with Gasteiger partial charge in [-0.15, -0.1) is 0 Å². The first-order chi connectivity index (χ1) is 12.2. The van der Waals surface area contributed by atoms with Gasteiger partial charge in [-0.25, -0.2) is 19.2 Å². The number of amides is 1. The number of hydrogen-bond acceptors (Lipinski definition) is 6. The van der Waals surface area contributed by atoms with Crippen LogP contribution in [0, 0.1) is 0 Å². The number of fused-ring (bicyclic) bond motifs is 1. The van der Waals surface area contributed by atoms with Crippen molar-refractivity contribution in [1.29, 1.82) is 0 Å². The molecule has 1 N–H and O–H groups in total. The highest BCUT2D eigenvalue weighted by Gasteiger charge is 2.32. The van der Waals surface area contributed by atoms with Crippen molar-refractivity contribution < 1.29 is 13.9 Å². The van der Waals surface area contributed by atoms with Crippen molar-refractivity contribution in [2.24, 2.45) is 0 Å². The summed E-state index contributed by atoms with van der Waals surface area (Å²) in [5.41, 5.74) is -0.0766. The fourth-order valence-corrected chi connectivity index (χ4v) is 3.11. The number of nitrogens with one attached hydrogen (secondary N) is 1. The fourth-order valence-electron chi connectivity index (χ4n) is 2.77. The van der Waals surface area contributed by atoms with Gasteiger partial charge in [-0.3, -0.25) is 0 Å². The minimum atomic E-state index is -1.14. The molecule has 0 aliphatic carbocycles. The molecule has 1 saturated heterocycles. The Kier molecular flexibility index (Phi) is 5.27. The van der Waals surface area contributed by atoms with E-state index in [0.29, 0.717) is 18.1 Å². The molecule has 3 rings (SSSR count). The molecule has 0 bridgehead atoms. The van der Waals surface area contributed by atoms with E-state index >= 15 is 0 Å². The van der Waals surface area contributed by atoms with E-state index in [1.165, 1.54) is 4.90 Å². The number of halogens is 2. The van der Waals surface area contributed by atoms with Crippen LogP contribution >= 0.6 is 15.9 Å². The van der Waals surface area contributed by atoms with Gasteiger partial charge in [-0.1, -0.05) is 0 Å². The lowest BCUT2D eigenvalue weighted by atomic mass is 10.0. The molecular weight excluding hydrogens is 405 g/mol. The van der Waals surface area contributed by atoms with E-state index in [0.717, 1.165) is 9.86 Å². The van der Waals surface area contributed by atoms with Crippen molar-refractivity contribution in [2.75, 3.05) is 18.4 Å². The van der Waals surface area contributed by atoms with Crippen LogP contribution in [-0.4, -0.2) is 56.8 Å². The molecule has 1 fully saturated rings. The van der Waals surface area contributed by atoms with Crippen LogP contribution in [0.25, 0.3) is 11.0 Å². The van der Waals surface area contributed by atoms with Crippen molar-refractivity contribution in [3.05, 3.63) is 22.9 Å². The van der Waals surface area contributed by atoms with Gasteiger partial charge in [0.2, 0.25) is 5.95 Å². The third kappa shape index (κ3) is 4.78. The third-order valence-electron chi connectivity index (χ3n) is 3.78. The molecule has 140 valence electrons. The summed E-state index contributed by atoms with van der Waals surface area (Å²) in [6.45, 7) is 5.70. The van der Waals surface area contributed by atoms with Crippen molar-refractivity contribution in [3.8, 4) is 0 Å². The molecule has 26 heavy (non-hydrogen) atoms. The lowest BCUT2D eigenvalue weighted by molar-refractivity contribution is 0.0124. The molecule has 0 radical (unpaired) electrons. The Morgan fingerprint density at radius 3 is 2.85 bits per heavy atom. The van der Waals surface area contributed by atoms with Crippen molar-refractivity contribution >= 4 is 39.0 Å². The van der Waals surface area contributed by atoms with Crippen LogP contribution in [0.2, 0.25) is 0 Å². The molecule has 7 nitrogen and oxygen atoms in total. The second kappa shape index (κ2) is 7.30. The molecule has 9 heteroatoms. The SMILES string of the molecule is CC(C)(C)OC(=O)N1C[C@@H](F)C[C@H](Nc2ncc3cc(Br)cnc3n2)C1. The second-order valence-electron chi connectivity index (χ2n) is 7.32. The predicted octanol–water partition coefficient (Wildman–Crippen LogP) is 3.55. The lowest BCUT2D eigenvalue weighted by Gasteiger charge is -2.36. The number of likely N-dealkylation sites (tertiary alicyclic amines) is 1. The summed E-state index contributed by atoms with van der Waals surface area (Å²) < 4.78 is 20.3. The van der Waals surface area contributed by atoms with E-state index in [-0.39, 0.29) is 19.0 Å². The number of anilines is 1. The first-order valence-corrected chi connectivity index (χ1v) is 9.16. The molecule has 2 aromatic rings. The van der Waals surface area contributed by atoms with Crippen molar-refractivity contribution in [1.82, 2.24) is 19.9 Å². The number of aromatic nitrogens is 3. The van der Waals surface area contributed by atoms with Gasteiger partial charge in [-0.2, -0.15) is 4.98 Å². The van der Waals surface area contributed by atoms with Crippen LogP contribution in [0.4, 0.5) is 15.1 Å². The maximum Gasteiger partial charge on any atom is 0.410 e. The lowest BCUT2D eigenvalue weighted by Crippen LogP contribution is -2.51. The average Bonchev–Trinajstić information content (AvgIpc) is 2.53. The summed E-state index contributed by atoms with van der Waals surface area (Å²) in [6.07, 6.45) is 1.93. The van der Waals surface area contributed by atoms with Crippen molar-refractivity contribution in [2.45, 2.75) is 45.0 Å². The monoisotopic (exact) mass is 425 g/mol. The highest BCUT2D eigenvalue weighted by molar-refractivity contribution is 9.10. The molecule has 0 aromatic carbocycles. The number of pyridine rings is 1. The quantitative estimate of drug-likeness (QED) is 0.792. The number of hydrogen-bond donors (Lipinski definition) is 1. The minimum Gasteiger partial charge on any atom is -0.444 e. The summed E-state index contributed by atoms with van der Waals surface area (Å²) in [5.74, 6) is 0.357. The Morgan fingerprint density at radius 1 is 1.35 bits per heavy atom. The zero-order valence-corrected chi connectivity index (χ0v) is 16.5. The molecule has 0 spiro atoms. The van der Waals surface area contributed by atoms with E-state index in [1.54, 1.807) is 33.2 Å². The Bertz CT molecular complexity index is 813. The normalized spacial score (nSPS) is 20.9. The van der Waals surface area contributed by atoms with Gasteiger partial charge in [0, 0.05) is 41.3 Å². The maximum atomic E-state index is 14.1. The molecule has 0 saturated carbocycles. The van der Waals surface area contributed by atoms with Gasteiger partial charge in [0.05, 0.1) is 6.54 Å². The number of carbonyl (C=O) groups excluding carboxylic acids is 1. The minimum absolute atomic E-state index is 0.0290. The maximum absolute atomic E-state index is 14.1. The van der Waals surface area contributed by atoms with Gasteiger partial charge in [0.25, 0.3) is 0 Å². The van der Waals surface area contributed by atoms with E-state index in [4.69, 9.17) is 4.74 Å². The van der Waals surface area contributed by atoms with Gasteiger partial charge in [0.15, 0.2) is 5.65 Å². The summed E-state index contributed by atoms with van der Waals surface area (Å²) in [5, 5.41) is 3.90. The number of piperidine rings is 1. The topological polar surface area (TPSA) is 80.2 Å². The number of carbonyl (C=O) groups is 1. The summed E-state index contributed by atoms with van der Waals surface area (Å²) >= 11 is 3.35. The molecule has 0 unspecified atom stereocenters. The van der Waals surface area contributed by atoms with Crippen LogP contribution in [-0.2, 0) is 4.74 Å². The van der Waals surface area contributed by atoms with E-state index in [2.05, 4.69) is 36.2 Å². The van der Waals surface area contributed by atoms with Gasteiger partial charge in [0.1, 0.15) is 11.8 Å². The number of nitrogens with zero attached hydrogens (tertiary/aromatic N) is 4. The molecule has 1 aliphatic heterocycles. The molecule has 1 amide bonds. The van der Waals surface area contributed by atoms with Gasteiger partial charge in [-0.05, 0) is 42.8 Å². The number of rotatable bonds is 2. The highest BCUT2D eigenvalue weighted by atomic mass is 79.9. The Balaban J connectivity index is 1.70. The fraction of sp³-hybridized carbons (Fsp3) is 0.529. The van der Waals surface area contributed by atoms with Gasteiger partial charge >= 0.3 is 6.09 Å². The predicted molar refractivity (Wildman–Crippen MR) is 99.8 cm³/mol. The summed E-state index contributed by atoms with van der Waals surface area (Å²) in [6, 6.07) is 1.56. The molecule has 3 heterocycles. The highest BCUT2D eigenvalue weighted by Crippen LogP contribution is 2.21. The second-order valence-corrected chi connectivity index (χ2v) is 8.24. The zero-order chi connectivity index (χ0) is 18.9. The van der Waals surface area contributed by atoms with E-state index in [1.807, 2.05) is 6.07 Å². The van der Waals surface area contributed by atoms with E-state index < -0.39 is 17.9 Å². The Labute approximate surface area is 159 Å².